The second kappa shape index (κ2) is 4.91. The highest BCUT2D eigenvalue weighted by molar-refractivity contribution is 9.10. The first kappa shape index (κ1) is 13.8. The molecule has 0 spiro atoms. The van der Waals surface area contributed by atoms with E-state index >= 15 is 0 Å². The van der Waals surface area contributed by atoms with Crippen LogP contribution in [0.25, 0.3) is 0 Å². The zero-order valence-electron chi connectivity index (χ0n) is 7.96. The molecule has 0 unspecified atom stereocenters. The van der Waals surface area contributed by atoms with Crippen LogP contribution in [0.15, 0.2) is 22.7 Å². The molecule has 1 aromatic rings. The lowest BCUT2D eigenvalue weighted by Crippen LogP contribution is -2.33. The zero-order chi connectivity index (χ0) is 13.2. The van der Waals surface area contributed by atoms with E-state index in [9.17, 15) is 22.4 Å². The van der Waals surface area contributed by atoms with Crippen LogP contribution in [0.5, 0.6) is 5.75 Å². The van der Waals surface area contributed by atoms with Gasteiger partial charge in [-0.1, -0.05) is 15.9 Å². The molecule has 94 valence electrons. The summed E-state index contributed by atoms with van der Waals surface area (Å²) in [6.45, 7) is 0. The van der Waals surface area contributed by atoms with Crippen LogP contribution in [0, 0.1) is 0 Å². The quantitative estimate of drug-likeness (QED) is 0.866. The van der Waals surface area contributed by atoms with Gasteiger partial charge in [-0.2, -0.15) is 17.6 Å². The van der Waals surface area contributed by atoms with Crippen LogP contribution in [0.4, 0.5) is 17.6 Å². The van der Waals surface area contributed by atoms with Crippen LogP contribution < -0.4 is 4.74 Å². The number of halogens is 5. The van der Waals surface area contributed by atoms with E-state index in [0.29, 0.717) is 0 Å². The molecule has 0 saturated carbocycles. The lowest BCUT2D eigenvalue weighted by Gasteiger charge is -2.17. The van der Waals surface area contributed by atoms with Gasteiger partial charge in [-0.05, 0) is 18.2 Å². The van der Waals surface area contributed by atoms with Gasteiger partial charge in [0.05, 0.1) is 5.56 Å². The Morgan fingerprint density at radius 2 is 1.94 bits per heavy atom. The fourth-order valence-corrected chi connectivity index (χ4v) is 1.42. The first-order valence-corrected chi connectivity index (χ1v) is 4.90. The number of benzene rings is 1. The number of ether oxygens (including phenoxy) is 1. The number of alkyl halides is 4. The number of carboxylic acids is 1. The summed E-state index contributed by atoms with van der Waals surface area (Å²) < 4.78 is 52.7. The van der Waals surface area contributed by atoms with Crippen LogP contribution >= 0.6 is 15.9 Å². The predicted molar refractivity (Wildman–Crippen MR) is 52.7 cm³/mol. The van der Waals surface area contributed by atoms with E-state index < -0.39 is 24.3 Å². The van der Waals surface area contributed by atoms with Crippen molar-refractivity contribution in [2.24, 2.45) is 0 Å². The van der Waals surface area contributed by atoms with Crippen molar-refractivity contribution in [3.05, 3.63) is 28.2 Å². The van der Waals surface area contributed by atoms with Crippen molar-refractivity contribution < 1.29 is 32.2 Å². The first-order chi connectivity index (χ1) is 7.72. The van der Waals surface area contributed by atoms with Gasteiger partial charge in [-0.3, -0.25) is 0 Å². The second-order valence-electron chi connectivity index (χ2n) is 2.95. The van der Waals surface area contributed by atoms with Crippen molar-refractivity contribution in [3.8, 4) is 5.75 Å². The van der Waals surface area contributed by atoms with Gasteiger partial charge in [0, 0.05) is 4.47 Å². The molecular weight excluding hydrogens is 312 g/mol. The Kier molecular flexibility index (Phi) is 3.97. The van der Waals surface area contributed by atoms with E-state index in [-0.39, 0.29) is 10.0 Å². The molecule has 1 N–H and O–H groups in total. The molecule has 3 nitrogen and oxygen atoms in total. The highest BCUT2D eigenvalue weighted by Gasteiger charge is 2.44. The van der Waals surface area contributed by atoms with Crippen LogP contribution in [-0.4, -0.2) is 23.6 Å². The number of carboxylic acid groups (broad SMARTS) is 1. The first-order valence-electron chi connectivity index (χ1n) is 4.11. The molecule has 0 aliphatic heterocycles. The van der Waals surface area contributed by atoms with Gasteiger partial charge >= 0.3 is 18.5 Å². The summed E-state index contributed by atoms with van der Waals surface area (Å²) in [5.41, 5.74) is -0.362. The SMILES string of the molecule is O=C(O)c1cc(Br)cc(OC(F)(F)C(F)F)c1. The van der Waals surface area contributed by atoms with E-state index in [4.69, 9.17) is 5.11 Å². The topological polar surface area (TPSA) is 46.5 Å². The Hall–Kier alpha value is -1.31. The van der Waals surface area contributed by atoms with Crippen LogP contribution in [0.2, 0.25) is 0 Å². The molecule has 0 amide bonds. The fourth-order valence-electron chi connectivity index (χ4n) is 0.947. The minimum atomic E-state index is -4.67. The highest BCUT2D eigenvalue weighted by atomic mass is 79.9. The molecule has 1 aromatic carbocycles. The van der Waals surface area contributed by atoms with Crippen LogP contribution in [0.3, 0.4) is 0 Å². The Bertz CT molecular complexity index is 436. The summed E-state index contributed by atoms with van der Waals surface area (Å²) in [4.78, 5) is 10.6. The maximum absolute atomic E-state index is 12.6. The summed E-state index contributed by atoms with van der Waals surface area (Å²) in [5.74, 6) is -2.06. The predicted octanol–water partition coefficient (Wildman–Crippen LogP) is 3.38. The Balaban J connectivity index is 3.03. The average Bonchev–Trinajstić information content (AvgIpc) is 2.15. The molecule has 0 saturated heterocycles. The average molecular weight is 317 g/mol. The molecular formula is C9H5BrF4O3. The second-order valence-corrected chi connectivity index (χ2v) is 3.86. The van der Waals surface area contributed by atoms with E-state index in [1.807, 2.05) is 0 Å². The Labute approximate surface area is 101 Å². The van der Waals surface area contributed by atoms with Gasteiger partial charge in [-0.25, -0.2) is 4.79 Å². The van der Waals surface area contributed by atoms with Crippen molar-refractivity contribution in [1.82, 2.24) is 0 Å². The Morgan fingerprint density at radius 3 is 2.41 bits per heavy atom. The number of rotatable bonds is 4. The third-order valence-corrected chi connectivity index (χ3v) is 2.08. The molecule has 0 bridgehead atoms. The molecule has 8 heteroatoms. The molecule has 17 heavy (non-hydrogen) atoms. The van der Waals surface area contributed by atoms with Gasteiger partial charge in [0.25, 0.3) is 0 Å². The lowest BCUT2D eigenvalue weighted by molar-refractivity contribution is -0.253. The molecule has 0 fully saturated rings. The number of carbonyl (C=O) groups is 1. The van der Waals surface area contributed by atoms with Crippen molar-refractivity contribution in [1.29, 1.82) is 0 Å². The third-order valence-electron chi connectivity index (χ3n) is 1.63. The zero-order valence-corrected chi connectivity index (χ0v) is 9.55. The Morgan fingerprint density at radius 1 is 1.35 bits per heavy atom. The van der Waals surface area contributed by atoms with Gasteiger partial charge in [0.2, 0.25) is 0 Å². The molecule has 0 aliphatic rings. The molecule has 0 aromatic heterocycles. The molecule has 1 rings (SSSR count). The van der Waals surface area contributed by atoms with E-state index in [1.54, 1.807) is 0 Å². The fraction of sp³-hybridized carbons (Fsp3) is 0.222. The van der Waals surface area contributed by atoms with Crippen LogP contribution in [-0.2, 0) is 0 Å². The molecule has 0 heterocycles. The minimum Gasteiger partial charge on any atom is -0.478 e. The maximum atomic E-state index is 12.6. The normalized spacial score (nSPS) is 11.6. The number of aromatic carboxylic acids is 1. The summed E-state index contributed by atoms with van der Waals surface area (Å²) >= 11 is 2.85. The van der Waals surface area contributed by atoms with Crippen molar-refractivity contribution in [2.45, 2.75) is 12.5 Å². The summed E-state index contributed by atoms with van der Waals surface area (Å²) in [5, 5.41) is 8.63. The number of hydrogen-bond donors (Lipinski definition) is 1. The summed E-state index contributed by atoms with van der Waals surface area (Å²) in [7, 11) is 0. The summed E-state index contributed by atoms with van der Waals surface area (Å²) in [6.07, 6.45) is -8.67. The van der Waals surface area contributed by atoms with Crippen molar-refractivity contribution >= 4 is 21.9 Å². The van der Waals surface area contributed by atoms with E-state index in [2.05, 4.69) is 20.7 Å². The summed E-state index contributed by atoms with van der Waals surface area (Å²) in [6, 6.07) is 2.81. The van der Waals surface area contributed by atoms with Gasteiger partial charge in [-0.15, -0.1) is 0 Å². The molecule has 0 radical (unpaired) electrons. The van der Waals surface area contributed by atoms with Crippen LogP contribution in [0.1, 0.15) is 10.4 Å². The van der Waals surface area contributed by atoms with Crippen molar-refractivity contribution in [2.75, 3.05) is 0 Å². The van der Waals surface area contributed by atoms with Crippen molar-refractivity contribution in [3.63, 3.8) is 0 Å². The van der Waals surface area contributed by atoms with Gasteiger partial charge in [0.1, 0.15) is 5.75 Å². The minimum absolute atomic E-state index is 0.123. The number of hydrogen-bond acceptors (Lipinski definition) is 2. The third kappa shape index (κ3) is 3.58. The molecule has 0 aliphatic carbocycles. The monoisotopic (exact) mass is 316 g/mol. The highest BCUT2D eigenvalue weighted by Crippen LogP contribution is 2.30. The lowest BCUT2D eigenvalue weighted by atomic mass is 10.2. The molecule has 0 atom stereocenters. The largest absolute Gasteiger partial charge is 0.478 e. The smallest absolute Gasteiger partial charge is 0.461 e. The maximum Gasteiger partial charge on any atom is 0.461 e. The van der Waals surface area contributed by atoms with Gasteiger partial charge < -0.3 is 9.84 Å². The van der Waals surface area contributed by atoms with E-state index in [1.165, 1.54) is 0 Å². The standard InChI is InChI=1S/C9H5BrF4O3/c10-5-1-4(7(15)16)2-6(3-5)17-9(13,14)8(11)12/h1-3,8H,(H,15,16). The van der Waals surface area contributed by atoms with Gasteiger partial charge in [0.15, 0.2) is 0 Å². The van der Waals surface area contributed by atoms with E-state index in [0.717, 1.165) is 18.2 Å².